The molecule has 2 aromatic rings. The maximum atomic E-state index is 12.1. The van der Waals surface area contributed by atoms with Crippen molar-refractivity contribution in [2.24, 2.45) is 11.8 Å². The minimum absolute atomic E-state index is 0.437. The van der Waals surface area contributed by atoms with Gasteiger partial charge in [0.2, 0.25) is 5.91 Å². The van der Waals surface area contributed by atoms with E-state index >= 15 is 0 Å². The molecule has 0 aliphatic carbocycles. The van der Waals surface area contributed by atoms with Crippen molar-refractivity contribution in [3.8, 4) is 0 Å². The van der Waals surface area contributed by atoms with E-state index in [0.29, 0.717) is 28.6 Å². The maximum absolute atomic E-state index is 12.1. The Morgan fingerprint density at radius 3 is 2.48 bits per heavy atom. The summed E-state index contributed by atoms with van der Waals surface area (Å²) in [5.41, 5.74) is 1.87. The van der Waals surface area contributed by atoms with Gasteiger partial charge in [0.1, 0.15) is 6.04 Å². The summed E-state index contributed by atoms with van der Waals surface area (Å²) in [7, 11) is 0. The van der Waals surface area contributed by atoms with Crippen LogP contribution < -0.4 is 5.32 Å². The number of hydrogen-bond acceptors (Lipinski definition) is 4. The average molecular weight is 399 g/mol. The van der Waals surface area contributed by atoms with Crippen molar-refractivity contribution in [1.82, 2.24) is 9.88 Å². The third kappa shape index (κ3) is 4.83. The van der Waals surface area contributed by atoms with Crippen molar-refractivity contribution < 1.29 is 24.6 Å². The number of rotatable bonds is 6. The zero-order chi connectivity index (χ0) is 21.1. The van der Waals surface area contributed by atoms with E-state index in [1.54, 1.807) is 24.4 Å². The summed E-state index contributed by atoms with van der Waals surface area (Å²) >= 11 is 0. The van der Waals surface area contributed by atoms with Gasteiger partial charge in [-0.15, -0.1) is 0 Å². The Labute approximate surface area is 168 Å². The average Bonchev–Trinajstić information content (AvgIpc) is 3.02. The van der Waals surface area contributed by atoms with Gasteiger partial charge in [-0.05, 0) is 30.4 Å². The number of likely N-dealkylation sites (tertiary alicyclic amines) is 1. The minimum Gasteiger partial charge on any atom is -0.480 e. The molecule has 29 heavy (non-hydrogen) atoms. The molecule has 4 N–H and O–H groups in total. The molecule has 0 radical (unpaired) electrons. The molecular weight excluding hydrogens is 374 g/mol. The van der Waals surface area contributed by atoms with Crippen LogP contribution in [0.5, 0.6) is 0 Å². The van der Waals surface area contributed by atoms with Gasteiger partial charge in [-0.25, -0.2) is 4.79 Å². The number of nitrogens with zero attached hydrogens (tertiary/aromatic N) is 1. The number of piperidine rings is 1. The highest BCUT2D eigenvalue weighted by Crippen LogP contribution is 2.34. The molecule has 0 spiro atoms. The number of carbonyl (C=O) groups is 3. The number of amides is 1. The van der Waals surface area contributed by atoms with Crippen LogP contribution in [0.25, 0.3) is 10.9 Å². The molecule has 3 atom stereocenters. The lowest BCUT2D eigenvalue weighted by Gasteiger charge is -2.38. The van der Waals surface area contributed by atoms with Crippen LogP contribution in [0.4, 0.5) is 5.69 Å². The molecule has 1 aromatic carbocycles. The SMILES string of the molecule is C[C@@H]1C[C@H](C)CN(C(C(=O)O)c2c[nH]c3cc(NC(=O)C=CC(=O)O)ccc23)C1. The van der Waals surface area contributed by atoms with Crippen LogP contribution in [-0.4, -0.2) is 51.0 Å². The Morgan fingerprint density at radius 1 is 1.17 bits per heavy atom. The standard InChI is InChI=1S/C21H25N3O5/c1-12-7-13(2)11-24(10-12)20(21(28)29)16-9-22-17-8-14(3-4-15(16)17)23-18(25)5-6-19(26)27/h3-6,8-9,12-13,20,22H,7,10-11H2,1-2H3,(H,23,25)(H,26,27)(H,28,29)/t12-,13+,20?. The molecule has 8 nitrogen and oxygen atoms in total. The molecule has 1 amide bonds. The maximum Gasteiger partial charge on any atom is 0.328 e. The third-order valence-corrected chi connectivity index (χ3v) is 5.15. The van der Waals surface area contributed by atoms with Gasteiger partial charge in [0.15, 0.2) is 0 Å². The van der Waals surface area contributed by atoms with Gasteiger partial charge in [0, 0.05) is 53.6 Å². The van der Waals surface area contributed by atoms with Crippen LogP contribution >= 0.6 is 0 Å². The number of aromatic nitrogens is 1. The van der Waals surface area contributed by atoms with Crippen LogP contribution in [0, 0.1) is 11.8 Å². The lowest BCUT2D eigenvalue weighted by atomic mass is 9.89. The zero-order valence-corrected chi connectivity index (χ0v) is 16.4. The number of carbonyl (C=O) groups excluding carboxylic acids is 1. The molecule has 0 bridgehead atoms. The summed E-state index contributed by atoms with van der Waals surface area (Å²) in [5.74, 6) is -1.77. The van der Waals surface area contributed by atoms with Crippen LogP contribution in [0.1, 0.15) is 31.9 Å². The van der Waals surface area contributed by atoms with Crippen molar-refractivity contribution in [3.05, 3.63) is 42.1 Å². The third-order valence-electron chi connectivity index (χ3n) is 5.15. The first kappa shape index (κ1) is 20.6. The van der Waals surface area contributed by atoms with Crippen LogP contribution in [0.3, 0.4) is 0 Å². The number of fused-ring (bicyclic) bond motifs is 1. The molecule has 1 unspecified atom stereocenters. The number of benzene rings is 1. The number of carboxylic acid groups (broad SMARTS) is 2. The fourth-order valence-electron chi connectivity index (χ4n) is 4.19. The van der Waals surface area contributed by atoms with Crippen LogP contribution in [0.15, 0.2) is 36.5 Å². The highest BCUT2D eigenvalue weighted by Gasteiger charge is 2.34. The lowest BCUT2D eigenvalue weighted by Crippen LogP contribution is -2.43. The molecule has 3 rings (SSSR count). The van der Waals surface area contributed by atoms with Crippen LogP contribution in [-0.2, 0) is 14.4 Å². The summed E-state index contributed by atoms with van der Waals surface area (Å²) in [6.07, 6.45) is 4.50. The number of nitrogens with one attached hydrogen (secondary N) is 2. The van der Waals surface area contributed by atoms with Gasteiger partial charge in [-0.1, -0.05) is 19.9 Å². The zero-order valence-electron chi connectivity index (χ0n) is 16.4. The van der Waals surface area contributed by atoms with Gasteiger partial charge >= 0.3 is 11.9 Å². The molecule has 1 aromatic heterocycles. The monoisotopic (exact) mass is 399 g/mol. The van der Waals surface area contributed by atoms with Gasteiger partial charge in [-0.3, -0.25) is 14.5 Å². The predicted molar refractivity (Wildman–Crippen MR) is 109 cm³/mol. The number of hydrogen-bond donors (Lipinski definition) is 4. The van der Waals surface area contributed by atoms with E-state index in [1.807, 2.05) is 4.90 Å². The Bertz CT molecular complexity index is 954. The van der Waals surface area contributed by atoms with Crippen molar-refractivity contribution in [3.63, 3.8) is 0 Å². The van der Waals surface area contributed by atoms with E-state index in [9.17, 15) is 19.5 Å². The summed E-state index contributed by atoms with van der Waals surface area (Å²) in [6, 6.07) is 4.40. The molecule has 154 valence electrons. The first-order valence-electron chi connectivity index (χ1n) is 9.54. The molecule has 2 heterocycles. The second-order valence-electron chi connectivity index (χ2n) is 7.81. The Balaban J connectivity index is 1.87. The predicted octanol–water partition coefficient (Wildman–Crippen LogP) is 2.85. The normalized spacial score (nSPS) is 21.3. The molecule has 8 heteroatoms. The first-order valence-corrected chi connectivity index (χ1v) is 9.54. The molecule has 0 saturated carbocycles. The Hall–Kier alpha value is -3.13. The van der Waals surface area contributed by atoms with E-state index in [0.717, 1.165) is 37.0 Å². The van der Waals surface area contributed by atoms with E-state index in [1.165, 1.54) is 0 Å². The van der Waals surface area contributed by atoms with Crippen molar-refractivity contribution in [1.29, 1.82) is 0 Å². The van der Waals surface area contributed by atoms with Gasteiger partial charge < -0.3 is 20.5 Å². The highest BCUT2D eigenvalue weighted by molar-refractivity contribution is 6.03. The Morgan fingerprint density at radius 2 is 1.86 bits per heavy atom. The largest absolute Gasteiger partial charge is 0.480 e. The summed E-state index contributed by atoms with van der Waals surface area (Å²) in [6.45, 7) is 5.76. The van der Waals surface area contributed by atoms with Crippen molar-refractivity contribution in [2.75, 3.05) is 18.4 Å². The van der Waals surface area contributed by atoms with Gasteiger partial charge in [0.25, 0.3) is 0 Å². The second-order valence-corrected chi connectivity index (χ2v) is 7.81. The molecule has 1 aliphatic rings. The van der Waals surface area contributed by atoms with E-state index in [4.69, 9.17) is 5.11 Å². The van der Waals surface area contributed by atoms with E-state index in [2.05, 4.69) is 24.1 Å². The molecule has 1 aliphatic heterocycles. The summed E-state index contributed by atoms with van der Waals surface area (Å²) in [4.78, 5) is 39.5. The second kappa shape index (κ2) is 8.48. The molecule has 1 fully saturated rings. The summed E-state index contributed by atoms with van der Waals surface area (Å²) in [5, 5.41) is 21.9. The van der Waals surface area contributed by atoms with E-state index < -0.39 is 23.9 Å². The fraction of sp³-hybridized carbons (Fsp3) is 0.381. The number of aromatic amines is 1. The lowest BCUT2D eigenvalue weighted by molar-refractivity contribution is -0.144. The van der Waals surface area contributed by atoms with Crippen molar-refractivity contribution >= 4 is 34.4 Å². The topological polar surface area (TPSA) is 123 Å². The molecular formula is C21H25N3O5. The number of H-pyrrole nitrogens is 1. The Kier molecular flexibility index (Phi) is 6.03. The minimum atomic E-state index is -1.20. The fourth-order valence-corrected chi connectivity index (χ4v) is 4.19. The number of anilines is 1. The molecule has 1 saturated heterocycles. The van der Waals surface area contributed by atoms with E-state index in [-0.39, 0.29) is 0 Å². The van der Waals surface area contributed by atoms with Crippen LogP contribution in [0.2, 0.25) is 0 Å². The smallest absolute Gasteiger partial charge is 0.328 e. The summed E-state index contributed by atoms with van der Waals surface area (Å²) < 4.78 is 0. The highest BCUT2D eigenvalue weighted by atomic mass is 16.4. The number of aliphatic carboxylic acids is 2. The van der Waals surface area contributed by atoms with Gasteiger partial charge in [-0.2, -0.15) is 0 Å². The van der Waals surface area contributed by atoms with Crippen molar-refractivity contribution in [2.45, 2.75) is 26.3 Å². The van der Waals surface area contributed by atoms with Gasteiger partial charge in [0.05, 0.1) is 0 Å². The first-order chi connectivity index (χ1) is 13.7. The quantitative estimate of drug-likeness (QED) is 0.554. The number of carboxylic acids is 2.